The molecule has 38 heavy (non-hydrogen) atoms. The van der Waals surface area contributed by atoms with Crippen molar-refractivity contribution in [1.82, 2.24) is 14.7 Å². The van der Waals surface area contributed by atoms with E-state index in [-0.39, 0.29) is 18.2 Å². The highest BCUT2D eigenvalue weighted by Crippen LogP contribution is 2.32. The van der Waals surface area contributed by atoms with Crippen LogP contribution >= 0.6 is 0 Å². The minimum absolute atomic E-state index is 0.0353. The van der Waals surface area contributed by atoms with E-state index in [1.807, 2.05) is 73.8 Å². The summed E-state index contributed by atoms with van der Waals surface area (Å²) in [5.41, 5.74) is 3.66. The number of rotatable bonds is 7. The molecule has 1 fully saturated rings. The third-order valence-electron chi connectivity index (χ3n) is 6.74. The summed E-state index contributed by atoms with van der Waals surface area (Å²) in [5, 5.41) is 14.6. The number of aromatic nitrogens is 2. The topological polar surface area (TPSA) is 97.4 Å². The lowest BCUT2D eigenvalue weighted by molar-refractivity contribution is -0.142. The average Bonchev–Trinajstić information content (AvgIpc) is 3.61. The third-order valence-corrected chi connectivity index (χ3v) is 6.74. The van der Waals surface area contributed by atoms with Crippen LogP contribution in [0.5, 0.6) is 5.75 Å². The Morgan fingerprint density at radius 3 is 2.55 bits per heavy atom. The predicted octanol–water partition coefficient (Wildman–Crippen LogP) is 4.71. The number of carbonyl (C=O) groups is 2. The maximum atomic E-state index is 13.6. The number of carbonyl (C=O) groups excluding carboxylic acids is 2. The largest absolute Gasteiger partial charge is 0.494 e. The van der Waals surface area contributed by atoms with Crippen LogP contribution in [-0.2, 0) is 14.3 Å². The van der Waals surface area contributed by atoms with Crippen molar-refractivity contribution in [1.29, 1.82) is 5.26 Å². The Kier molecular flexibility index (Phi) is 7.20. The molecular weight excluding hydrogens is 480 g/mol. The Labute approximate surface area is 221 Å². The highest BCUT2D eigenvalue weighted by molar-refractivity contribution is 6.19. The maximum absolute atomic E-state index is 13.6. The molecule has 2 aliphatic heterocycles. The number of nitriles is 1. The van der Waals surface area contributed by atoms with Gasteiger partial charge in [-0.2, -0.15) is 10.4 Å². The van der Waals surface area contributed by atoms with Crippen LogP contribution in [0.3, 0.4) is 0 Å². The van der Waals surface area contributed by atoms with Gasteiger partial charge in [0.1, 0.15) is 17.4 Å². The van der Waals surface area contributed by atoms with Crippen LogP contribution in [0.25, 0.3) is 23.0 Å². The lowest BCUT2D eigenvalue weighted by Crippen LogP contribution is -2.46. The number of hydrogen-bond donors (Lipinski definition) is 0. The van der Waals surface area contributed by atoms with E-state index in [0.29, 0.717) is 35.6 Å². The molecule has 2 aromatic carbocycles. The minimum Gasteiger partial charge on any atom is -0.494 e. The van der Waals surface area contributed by atoms with E-state index in [1.165, 1.54) is 0 Å². The van der Waals surface area contributed by atoms with Gasteiger partial charge in [0.05, 0.1) is 30.6 Å². The lowest BCUT2D eigenvalue weighted by atomic mass is 9.93. The van der Waals surface area contributed by atoms with Gasteiger partial charge in [-0.15, -0.1) is 0 Å². The van der Waals surface area contributed by atoms with Crippen molar-refractivity contribution in [2.45, 2.75) is 32.8 Å². The molecule has 1 atom stereocenters. The van der Waals surface area contributed by atoms with Crippen LogP contribution < -0.4 is 4.74 Å². The summed E-state index contributed by atoms with van der Waals surface area (Å²) in [6.45, 7) is 4.87. The van der Waals surface area contributed by atoms with E-state index in [4.69, 9.17) is 14.6 Å². The van der Waals surface area contributed by atoms with E-state index >= 15 is 0 Å². The van der Waals surface area contributed by atoms with Crippen molar-refractivity contribution in [3.05, 3.63) is 83.1 Å². The van der Waals surface area contributed by atoms with E-state index in [9.17, 15) is 14.9 Å². The SMILES string of the molecule is CCOc1ccc(-c2nn(-c3ccccc3)cc2/C=C2\C(=O)N(CC3CCCO3)C(=O)C(C#N)=C2C)cc1. The summed E-state index contributed by atoms with van der Waals surface area (Å²) in [4.78, 5) is 27.8. The van der Waals surface area contributed by atoms with Crippen LogP contribution in [0.2, 0.25) is 0 Å². The molecule has 0 N–H and O–H groups in total. The van der Waals surface area contributed by atoms with Crippen LogP contribution in [0, 0.1) is 11.3 Å². The fourth-order valence-electron chi connectivity index (χ4n) is 4.75. The number of benzene rings is 2. The van der Waals surface area contributed by atoms with E-state index in [0.717, 1.165) is 34.7 Å². The average molecular weight is 509 g/mol. The van der Waals surface area contributed by atoms with Crippen molar-refractivity contribution in [3.63, 3.8) is 0 Å². The first-order chi connectivity index (χ1) is 18.5. The molecule has 0 spiro atoms. The second-order valence-corrected chi connectivity index (χ2v) is 9.20. The van der Waals surface area contributed by atoms with E-state index in [1.54, 1.807) is 17.7 Å². The zero-order valence-corrected chi connectivity index (χ0v) is 21.4. The Morgan fingerprint density at radius 1 is 1.13 bits per heavy atom. The van der Waals surface area contributed by atoms with Crippen molar-refractivity contribution < 1.29 is 19.1 Å². The maximum Gasteiger partial charge on any atom is 0.271 e. The highest BCUT2D eigenvalue weighted by atomic mass is 16.5. The smallest absolute Gasteiger partial charge is 0.271 e. The Balaban J connectivity index is 1.61. The molecule has 0 radical (unpaired) electrons. The van der Waals surface area contributed by atoms with Gasteiger partial charge in [0.15, 0.2) is 0 Å². The Hall–Kier alpha value is -4.48. The molecule has 3 aromatic rings. The molecule has 5 rings (SSSR count). The number of hydrogen-bond acceptors (Lipinski definition) is 6. The van der Waals surface area contributed by atoms with Crippen molar-refractivity contribution in [2.24, 2.45) is 0 Å². The molecule has 2 aliphatic rings. The molecule has 1 saturated heterocycles. The number of ether oxygens (including phenoxy) is 2. The molecule has 3 heterocycles. The monoisotopic (exact) mass is 508 g/mol. The zero-order chi connectivity index (χ0) is 26.6. The van der Waals surface area contributed by atoms with Gasteiger partial charge in [-0.3, -0.25) is 14.5 Å². The second-order valence-electron chi connectivity index (χ2n) is 9.20. The molecule has 192 valence electrons. The van der Waals surface area contributed by atoms with Gasteiger partial charge in [-0.1, -0.05) is 18.2 Å². The predicted molar refractivity (Wildman–Crippen MR) is 142 cm³/mol. The second kappa shape index (κ2) is 10.9. The van der Waals surface area contributed by atoms with Crippen LogP contribution in [0.15, 0.2) is 77.5 Å². The van der Waals surface area contributed by atoms with Crippen LogP contribution in [-0.4, -0.2) is 52.4 Å². The first-order valence-corrected chi connectivity index (χ1v) is 12.7. The van der Waals surface area contributed by atoms with E-state index in [2.05, 4.69) is 0 Å². The molecule has 0 aliphatic carbocycles. The first-order valence-electron chi connectivity index (χ1n) is 12.7. The summed E-state index contributed by atoms with van der Waals surface area (Å²) < 4.78 is 13.0. The summed E-state index contributed by atoms with van der Waals surface area (Å²) in [6.07, 6.45) is 5.01. The molecule has 0 saturated carbocycles. The summed E-state index contributed by atoms with van der Waals surface area (Å²) in [6, 6.07) is 19.3. The first kappa shape index (κ1) is 25.2. The molecule has 1 aromatic heterocycles. The zero-order valence-electron chi connectivity index (χ0n) is 21.4. The molecule has 2 amide bonds. The minimum atomic E-state index is -0.575. The summed E-state index contributed by atoms with van der Waals surface area (Å²) in [7, 11) is 0. The normalized spacial score (nSPS) is 18.8. The molecule has 8 nitrogen and oxygen atoms in total. The van der Waals surface area contributed by atoms with Crippen molar-refractivity contribution in [2.75, 3.05) is 19.8 Å². The molecular formula is C30H28N4O4. The third kappa shape index (κ3) is 4.89. The van der Waals surface area contributed by atoms with Gasteiger partial charge in [-0.25, -0.2) is 4.68 Å². The fraction of sp³-hybridized carbons (Fsp3) is 0.267. The Bertz CT molecular complexity index is 1460. The molecule has 1 unspecified atom stereocenters. The number of amides is 2. The summed E-state index contributed by atoms with van der Waals surface area (Å²) in [5.74, 6) is -0.261. The fourth-order valence-corrected chi connectivity index (χ4v) is 4.75. The highest BCUT2D eigenvalue weighted by Gasteiger charge is 2.37. The van der Waals surface area contributed by atoms with Gasteiger partial charge in [0.2, 0.25) is 0 Å². The summed E-state index contributed by atoms with van der Waals surface area (Å²) >= 11 is 0. The van der Waals surface area contributed by atoms with Gasteiger partial charge in [0, 0.05) is 29.5 Å². The van der Waals surface area contributed by atoms with Gasteiger partial charge >= 0.3 is 0 Å². The lowest BCUT2D eigenvalue weighted by Gasteiger charge is -2.29. The van der Waals surface area contributed by atoms with Gasteiger partial charge < -0.3 is 9.47 Å². The van der Waals surface area contributed by atoms with E-state index < -0.39 is 11.8 Å². The van der Waals surface area contributed by atoms with Gasteiger partial charge in [0.25, 0.3) is 11.8 Å². The molecule has 8 heteroatoms. The Morgan fingerprint density at radius 2 is 1.89 bits per heavy atom. The number of nitrogens with zero attached hydrogens (tertiary/aromatic N) is 4. The van der Waals surface area contributed by atoms with Crippen molar-refractivity contribution >= 4 is 17.9 Å². The van der Waals surface area contributed by atoms with Crippen LogP contribution in [0.4, 0.5) is 0 Å². The molecule has 0 bridgehead atoms. The number of imide groups is 1. The standard InChI is InChI=1S/C30H28N4O4/c1-3-37-24-13-11-21(12-14-24)28-22(18-34(32-28)23-8-5-4-6-9-23)16-26-20(2)27(17-31)30(36)33(29(26)35)19-25-10-7-15-38-25/h4-6,8-9,11-14,16,18,25H,3,7,10,15,19H2,1-2H3/b26-16-. The number of para-hydroxylation sites is 1. The van der Waals surface area contributed by atoms with Crippen LogP contribution in [0.1, 0.15) is 32.3 Å². The quantitative estimate of drug-likeness (QED) is 0.339. The van der Waals surface area contributed by atoms with Crippen molar-refractivity contribution in [3.8, 4) is 28.8 Å². The van der Waals surface area contributed by atoms with Gasteiger partial charge in [-0.05, 0) is 74.7 Å².